The second kappa shape index (κ2) is 7.18. The van der Waals surface area contributed by atoms with E-state index in [1.54, 1.807) is 0 Å². The van der Waals surface area contributed by atoms with Gasteiger partial charge in [-0.15, -0.1) is 0 Å². The first-order valence-electron chi connectivity index (χ1n) is 8.16. The van der Waals surface area contributed by atoms with Gasteiger partial charge in [0.05, 0.1) is 12.5 Å². The fourth-order valence-corrected chi connectivity index (χ4v) is 3.23. The zero-order valence-corrected chi connectivity index (χ0v) is 14.1. The number of amides is 1. The average Bonchev–Trinajstić information content (AvgIpc) is 3.18. The van der Waals surface area contributed by atoms with Crippen molar-refractivity contribution in [1.29, 1.82) is 0 Å². The number of carbonyl (C=O) groups excluding carboxylic acids is 1. The van der Waals surface area contributed by atoms with Crippen LogP contribution in [0.3, 0.4) is 0 Å². The molecule has 0 bridgehead atoms. The first kappa shape index (κ1) is 16.1. The Hall–Kier alpha value is -1.81. The average molecular weight is 333 g/mol. The standard InChI is InChI=1S/C18H21ClN2O2/c1-2-4-15-12-16(20-23-15)17-5-3-10-21(17)18(22)11-13-6-8-14(19)9-7-13/h6-9,12,17H,2-5,10-11H2,1H3/t17-/m0/s1. The first-order chi connectivity index (χ1) is 11.2. The summed E-state index contributed by atoms with van der Waals surface area (Å²) in [4.78, 5) is 14.6. The van der Waals surface area contributed by atoms with Crippen LogP contribution in [-0.2, 0) is 17.6 Å². The van der Waals surface area contributed by atoms with Gasteiger partial charge < -0.3 is 9.42 Å². The Morgan fingerprint density at radius 1 is 1.39 bits per heavy atom. The number of carbonyl (C=O) groups is 1. The van der Waals surface area contributed by atoms with Gasteiger partial charge in [-0.05, 0) is 37.0 Å². The number of rotatable bonds is 5. The van der Waals surface area contributed by atoms with Gasteiger partial charge in [-0.25, -0.2) is 0 Å². The van der Waals surface area contributed by atoms with Gasteiger partial charge in [-0.1, -0.05) is 35.8 Å². The predicted octanol–water partition coefficient (Wildman–Crippen LogP) is 4.19. The summed E-state index contributed by atoms with van der Waals surface area (Å²) in [6.45, 7) is 2.90. The van der Waals surface area contributed by atoms with Gasteiger partial charge in [0.2, 0.25) is 5.91 Å². The number of likely N-dealkylation sites (tertiary alicyclic amines) is 1. The van der Waals surface area contributed by atoms with Gasteiger partial charge in [0.15, 0.2) is 0 Å². The van der Waals surface area contributed by atoms with Crippen LogP contribution in [0.2, 0.25) is 5.02 Å². The van der Waals surface area contributed by atoms with Crippen molar-refractivity contribution in [3.8, 4) is 0 Å². The van der Waals surface area contributed by atoms with Gasteiger partial charge >= 0.3 is 0 Å². The van der Waals surface area contributed by atoms with Gasteiger partial charge in [-0.2, -0.15) is 0 Å². The monoisotopic (exact) mass is 332 g/mol. The maximum Gasteiger partial charge on any atom is 0.227 e. The molecule has 1 aliphatic rings. The van der Waals surface area contributed by atoms with Crippen molar-refractivity contribution in [2.45, 2.75) is 45.1 Å². The van der Waals surface area contributed by atoms with Crippen molar-refractivity contribution in [3.05, 3.63) is 52.4 Å². The third kappa shape index (κ3) is 3.75. The Morgan fingerprint density at radius 2 is 2.17 bits per heavy atom. The lowest BCUT2D eigenvalue weighted by Gasteiger charge is -2.23. The van der Waals surface area contributed by atoms with Crippen molar-refractivity contribution in [2.24, 2.45) is 0 Å². The quantitative estimate of drug-likeness (QED) is 0.824. The molecular formula is C18H21ClN2O2. The minimum atomic E-state index is 0.0455. The largest absolute Gasteiger partial charge is 0.361 e. The molecule has 2 heterocycles. The van der Waals surface area contributed by atoms with Gasteiger partial charge in [0, 0.05) is 24.1 Å². The van der Waals surface area contributed by atoms with Crippen molar-refractivity contribution < 1.29 is 9.32 Å². The number of nitrogens with zero attached hydrogens (tertiary/aromatic N) is 2. The number of aromatic nitrogens is 1. The smallest absolute Gasteiger partial charge is 0.227 e. The zero-order valence-electron chi connectivity index (χ0n) is 13.3. The van der Waals surface area contributed by atoms with E-state index in [9.17, 15) is 4.79 Å². The molecule has 2 aromatic rings. The summed E-state index contributed by atoms with van der Waals surface area (Å²) in [5.74, 6) is 1.04. The molecule has 1 aromatic heterocycles. The first-order valence-corrected chi connectivity index (χ1v) is 8.54. The molecule has 0 saturated carbocycles. The third-order valence-electron chi connectivity index (χ3n) is 4.26. The van der Waals surface area contributed by atoms with Gasteiger partial charge in [0.25, 0.3) is 0 Å². The molecule has 23 heavy (non-hydrogen) atoms. The normalized spacial score (nSPS) is 17.7. The second-order valence-electron chi connectivity index (χ2n) is 6.02. The van der Waals surface area contributed by atoms with Crippen LogP contribution in [0.1, 0.15) is 49.2 Å². The number of benzene rings is 1. The van der Waals surface area contributed by atoms with Gasteiger partial charge in [-0.3, -0.25) is 4.79 Å². The number of aryl methyl sites for hydroxylation is 1. The Morgan fingerprint density at radius 3 is 2.91 bits per heavy atom. The fraction of sp³-hybridized carbons (Fsp3) is 0.444. The molecule has 3 rings (SSSR count). The minimum absolute atomic E-state index is 0.0455. The van der Waals surface area contributed by atoms with E-state index in [4.69, 9.17) is 16.1 Å². The molecule has 1 fully saturated rings. The summed E-state index contributed by atoms with van der Waals surface area (Å²) >= 11 is 5.89. The predicted molar refractivity (Wildman–Crippen MR) is 89.3 cm³/mol. The highest BCUT2D eigenvalue weighted by Crippen LogP contribution is 2.32. The molecule has 1 atom stereocenters. The molecule has 0 unspecified atom stereocenters. The molecule has 1 aliphatic heterocycles. The van der Waals surface area contributed by atoms with Crippen LogP contribution in [0.4, 0.5) is 0 Å². The molecule has 1 amide bonds. The van der Waals surface area contributed by atoms with E-state index in [2.05, 4.69) is 12.1 Å². The highest BCUT2D eigenvalue weighted by molar-refractivity contribution is 6.30. The SMILES string of the molecule is CCCc1cc([C@@H]2CCCN2C(=O)Cc2ccc(Cl)cc2)no1. The Kier molecular flexibility index (Phi) is 5.01. The summed E-state index contributed by atoms with van der Waals surface area (Å²) in [5.41, 5.74) is 1.87. The van der Waals surface area contributed by atoms with Gasteiger partial charge in [0.1, 0.15) is 11.5 Å². The number of halogens is 1. The molecule has 0 aliphatic carbocycles. The van der Waals surface area contributed by atoms with Crippen LogP contribution in [0.15, 0.2) is 34.9 Å². The van der Waals surface area contributed by atoms with Crippen molar-refractivity contribution in [2.75, 3.05) is 6.54 Å². The fourth-order valence-electron chi connectivity index (χ4n) is 3.10. The van der Waals surface area contributed by atoms with Crippen molar-refractivity contribution in [3.63, 3.8) is 0 Å². The van der Waals surface area contributed by atoms with Crippen LogP contribution in [0, 0.1) is 0 Å². The minimum Gasteiger partial charge on any atom is -0.361 e. The van der Waals surface area contributed by atoms with Crippen LogP contribution in [0.5, 0.6) is 0 Å². The topological polar surface area (TPSA) is 46.3 Å². The molecule has 5 heteroatoms. The molecule has 122 valence electrons. The van der Waals surface area contributed by atoms with Crippen LogP contribution in [0.25, 0.3) is 0 Å². The van der Waals surface area contributed by atoms with E-state index < -0.39 is 0 Å². The number of hydrogen-bond acceptors (Lipinski definition) is 3. The van der Waals surface area contributed by atoms with E-state index >= 15 is 0 Å². The van der Waals surface area contributed by atoms with E-state index in [-0.39, 0.29) is 11.9 Å². The third-order valence-corrected chi connectivity index (χ3v) is 4.51. The van der Waals surface area contributed by atoms with E-state index in [0.29, 0.717) is 11.4 Å². The highest BCUT2D eigenvalue weighted by Gasteiger charge is 2.32. The maximum atomic E-state index is 12.7. The van der Waals surface area contributed by atoms with E-state index in [1.807, 2.05) is 35.2 Å². The summed E-state index contributed by atoms with van der Waals surface area (Å²) < 4.78 is 5.37. The summed E-state index contributed by atoms with van der Waals surface area (Å²) in [7, 11) is 0. The lowest BCUT2D eigenvalue weighted by molar-refractivity contribution is -0.131. The zero-order chi connectivity index (χ0) is 16.2. The summed E-state index contributed by atoms with van der Waals surface area (Å²) in [6.07, 6.45) is 4.27. The molecular weight excluding hydrogens is 312 g/mol. The van der Waals surface area contributed by atoms with E-state index in [1.165, 1.54) is 0 Å². The summed E-state index contributed by atoms with van der Waals surface area (Å²) in [5, 5.41) is 4.87. The molecule has 0 radical (unpaired) electrons. The Bertz CT molecular complexity index is 666. The lowest BCUT2D eigenvalue weighted by atomic mass is 10.1. The molecule has 0 spiro atoms. The van der Waals surface area contributed by atoms with Crippen LogP contribution >= 0.6 is 11.6 Å². The Labute approximate surface area is 141 Å². The molecule has 0 N–H and O–H groups in total. The van der Waals surface area contributed by atoms with E-state index in [0.717, 1.165) is 49.2 Å². The maximum absolute atomic E-state index is 12.7. The lowest BCUT2D eigenvalue weighted by Crippen LogP contribution is -2.32. The van der Waals surface area contributed by atoms with Crippen molar-refractivity contribution >= 4 is 17.5 Å². The molecule has 1 saturated heterocycles. The van der Waals surface area contributed by atoms with Crippen molar-refractivity contribution in [1.82, 2.24) is 10.1 Å². The summed E-state index contributed by atoms with van der Waals surface area (Å²) in [6, 6.07) is 9.49. The van der Waals surface area contributed by atoms with Crippen LogP contribution in [-0.4, -0.2) is 22.5 Å². The van der Waals surface area contributed by atoms with Crippen LogP contribution < -0.4 is 0 Å². The second-order valence-corrected chi connectivity index (χ2v) is 6.45. The Balaban J connectivity index is 1.70. The highest BCUT2D eigenvalue weighted by atomic mass is 35.5. The molecule has 1 aromatic carbocycles. The number of hydrogen-bond donors (Lipinski definition) is 0. The molecule has 4 nitrogen and oxygen atoms in total.